The third kappa shape index (κ3) is 3.16. The van der Waals surface area contributed by atoms with Crippen LogP contribution in [0.2, 0.25) is 0 Å². The summed E-state index contributed by atoms with van der Waals surface area (Å²) in [5.41, 5.74) is 5.50. The smallest absolute Gasteiger partial charge is 0.241 e. The second kappa shape index (κ2) is 7.00. The number of aliphatic imine (C=N–C) groups is 1. The molecule has 0 saturated carbocycles. The number of rotatable bonds is 3. The minimum atomic E-state index is -0.549. The van der Waals surface area contributed by atoms with Crippen LogP contribution < -0.4 is 10.4 Å². The van der Waals surface area contributed by atoms with E-state index < -0.39 is 5.72 Å². The van der Waals surface area contributed by atoms with E-state index in [9.17, 15) is 4.79 Å². The van der Waals surface area contributed by atoms with Gasteiger partial charge in [0.25, 0.3) is 0 Å². The van der Waals surface area contributed by atoms with E-state index >= 15 is 0 Å². The summed E-state index contributed by atoms with van der Waals surface area (Å²) >= 11 is 0. The number of nitrogens with zero attached hydrogens (tertiary/aromatic N) is 4. The highest BCUT2D eigenvalue weighted by atomic mass is 16.7. The Labute approximate surface area is 164 Å². The summed E-state index contributed by atoms with van der Waals surface area (Å²) in [6, 6.07) is 13.9. The predicted octanol–water partition coefficient (Wildman–Crippen LogP) is 1.74. The summed E-state index contributed by atoms with van der Waals surface area (Å²) < 4.78 is 0. The number of amides is 1. The molecule has 1 spiro atoms. The maximum atomic E-state index is 12.8. The molecule has 3 aliphatic rings. The van der Waals surface area contributed by atoms with Crippen LogP contribution in [-0.2, 0) is 16.1 Å². The van der Waals surface area contributed by atoms with Crippen molar-refractivity contribution in [1.82, 2.24) is 15.4 Å². The van der Waals surface area contributed by atoms with Crippen LogP contribution in [0.5, 0.6) is 0 Å². The van der Waals surface area contributed by atoms with Gasteiger partial charge in [-0.25, -0.2) is 15.3 Å². The van der Waals surface area contributed by atoms with Crippen molar-refractivity contribution in [1.29, 1.82) is 0 Å². The molecular weight excluding hydrogens is 354 g/mol. The molecule has 7 nitrogen and oxygen atoms in total. The fraction of sp³-hybridized carbons (Fsp3) is 0.381. The molecular formula is C21H23N5O2. The van der Waals surface area contributed by atoms with Gasteiger partial charge < -0.3 is 4.90 Å². The van der Waals surface area contributed by atoms with E-state index in [1.807, 2.05) is 41.3 Å². The molecule has 0 atom stereocenters. The monoisotopic (exact) mass is 377 g/mol. The van der Waals surface area contributed by atoms with Crippen LogP contribution in [0, 0.1) is 0 Å². The molecule has 0 unspecified atom stereocenters. The van der Waals surface area contributed by atoms with Gasteiger partial charge in [-0.05, 0) is 30.2 Å². The third-order valence-corrected chi connectivity index (χ3v) is 5.75. The standard InChI is InChI=1S/C21H23N5O2/c27-19(26-12-8-16-5-1-2-7-18(16)26)15-25-13-9-21(10-14-25)23-20(24-28-21)17-6-3-4-11-22-17/h1-7,11H,8-10,12-15H2,(H,23,24). The van der Waals surface area contributed by atoms with Crippen molar-refractivity contribution in [2.45, 2.75) is 25.0 Å². The quantitative estimate of drug-likeness (QED) is 0.882. The Morgan fingerprint density at radius 3 is 2.75 bits per heavy atom. The van der Waals surface area contributed by atoms with Crippen molar-refractivity contribution >= 4 is 17.4 Å². The fourth-order valence-corrected chi connectivity index (χ4v) is 4.15. The molecule has 0 aliphatic carbocycles. The minimum Gasteiger partial charge on any atom is -0.311 e. The molecule has 2 aromatic rings. The van der Waals surface area contributed by atoms with Crippen LogP contribution in [0.3, 0.4) is 0 Å². The lowest BCUT2D eigenvalue weighted by Crippen LogP contribution is -2.48. The number of hydroxylamine groups is 1. The highest BCUT2D eigenvalue weighted by molar-refractivity contribution is 5.97. The molecule has 1 N–H and O–H groups in total. The Balaban J connectivity index is 1.20. The van der Waals surface area contributed by atoms with E-state index in [1.165, 1.54) is 5.56 Å². The fourth-order valence-electron chi connectivity index (χ4n) is 4.15. The van der Waals surface area contributed by atoms with Gasteiger partial charge in [-0.1, -0.05) is 24.3 Å². The summed E-state index contributed by atoms with van der Waals surface area (Å²) in [4.78, 5) is 31.9. The van der Waals surface area contributed by atoms with Gasteiger partial charge in [-0.3, -0.25) is 14.7 Å². The van der Waals surface area contributed by atoms with Crippen LogP contribution >= 0.6 is 0 Å². The Bertz CT molecular complexity index is 906. The molecule has 144 valence electrons. The zero-order valence-electron chi connectivity index (χ0n) is 15.7. The van der Waals surface area contributed by atoms with E-state index in [-0.39, 0.29) is 5.91 Å². The molecule has 4 heterocycles. The normalized spacial score (nSPS) is 20.7. The van der Waals surface area contributed by atoms with Gasteiger partial charge in [0.15, 0.2) is 11.6 Å². The molecule has 5 rings (SSSR count). The largest absolute Gasteiger partial charge is 0.311 e. The van der Waals surface area contributed by atoms with Crippen molar-refractivity contribution in [3.05, 3.63) is 59.9 Å². The summed E-state index contributed by atoms with van der Waals surface area (Å²) in [6.07, 6.45) is 4.19. The highest BCUT2D eigenvalue weighted by Gasteiger charge is 2.41. The van der Waals surface area contributed by atoms with E-state index in [0.717, 1.165) is 50.3 Å². The first kappa shape index (κ1) is 17.3. The molecule has 7 heteroatoms. The molecule has 1 aromatic heterocycles. The maximum Gasteiger partial charge on any atom is 0.241 e. The van der Waals surface area contributed by atoms with Crippen molar-refractivity contribution in [2.24, 2.45) is 4.99 Å². The van der Waals surface area contributed by atoms with Gasteiger partial charge in [0.1, 0.15) is 5.69 Å². The van der Waals surface area contributed by atoms with Crippen LogP contribution in [0.15, 0.2) is 53.7 Å². The second-order valence-electron chi connectivity index (χ2n) is 7.53. The summed E-state index contributed by atoms with van der Waals surface area (Å²) in [6.45, 7) is 2.78. The molecule has 28 heavy (non-hydrogen) atoms. The molecule has 1 saturated heterocycles. The average Bonchev–Trinajstić information content (AvgIpc) is 3.36. The second-order valence-corrected chi connectivity index (χ2v) is 7.53. The number of pyridine rings is 1. The van der Waals surface area contributed by atoms with Crippen molar-refractivity contribution in [3.8, 4) is 0 Å². The van der Waals surface area contributed by atoms with Crippen molar-refractivity contribution < 1.29 is 9.63 Å². The van der Waals surface area contributed by atoms with Gasteiger partial charge in [-0.15, -0.1) is 0 Å². The number of nitrogens with one attached hydrogen (secondary N) is 1. The maximum absolute atomic E-state index is 12.8. The molecule has 1 aromatic carbocycles. The van der Waals surface area contributed by atoms with Crippen LogP contribution in [0.4, 0.5) is 5.69 Å². The van der Waals surface area contributed by atoms with E-state index in [1.54, 1.807) is 6.20 Å². The Hall–Kier alpha value is -2.77. The Morgan fingerprint density at radius 1 is 1.11 bits per heavy atom. The number of para-hydroxylation sites is 1. The van der Waals surface area contributed by atoms with Crippen molar-refractivity contribution in [2.75, 3.05) is 31.1 Å². The van der Waals surface area contributed by atoms with Crippen molar-refractivity contribution in [3.63, 3.8) is 0 Å². The lowest BCUT2D eigenvalue weighted by Gasteiger charge is -2.35. The lowest BCUT2D eigenvalue weighted by atomic mass is 10.0. The topological polar surface area (TPSA) is 70.1 Å². The minimum absolute atomic E-state index is 0.170. The Kier molecular flexibility index (Phi) is 4.33. The number of aromatic nitrogens is 1. The number of amidine groups is 1. The number of piperidine rings is 1. The van der Waals surface area contributed by atoms with Gasteiger partial charge in [0, 0.05) is 44.4 Å². The zero-order valence-corrected chi connectivity index (χ0v) is 15.7. The SMILES string of the molecule is O=C(CN1CCC2(CC1)N=C(c1ccccn1)NO2)N1CCc2ccccc21. The van der Waals surface area contributed by atoms with Crippen LogP contribution in [0.1, 0.15) is 24.1 Å². The number of hydrogen-bond donors (Lipinski definition) is 1. The average molecular weight is 377 g/mol. The predicted molar refractivity (Wildman–Crippen MR) is 106 cm³/mol. The highest BCUT2D eigenvalue weighted by Crippen LogP contribution is 2.31. The van der Waals surface area contributed by atoms with Gasteiger partial charge in [-0.2, -0.15) is 0 Å². The number of anilines is 1. The van der Waals surface area contributed by atoms with E-state index in [0.29, 0.717) is 12.4 Å². The van der Waals surface area contributed by atoms with Gasteiger partial charge in [0.2, 0.25) is 5.91 Å². The Morgan fingerprint density at radius 2 is 1.93 bits per heavy atom. The third-order valence-electron chi connectivity index (χ3n) is 5.75. The number of hydrogen-bond acceptors (Lipinski definition) is 6. The van der Waals surface area contributed by atoms with E-state index in [4.69, 9.17) is 9.83 Å². The molecule has 0 bridgehead atoms. The molecule has 0 radical (unpaired) electrons. The van der Waals surface area contributed by atoms with Crippen LogP contribution in [-0.4, -0.2) is 53.5 Å². The van der Waals surface area contributed by atoms with Gasteiger partial charge in [0.05, 0.1) is 6.54 Å². The molecule has 1 amide bonds. The molecule has 3 aliphatic heterocycles. The zero-order chi connectivity index (χ0) is 19.0. The number of likely N-dealkylation sites (tertiary alicyclic amines) is 1. The summed E-state index contributed by atoms with van der Waals surface area (Å²) in [5.74, 6) is 0.850. The van der Waals surface area contributed by atoms with Gasteiger partial charge >= 0.3 is 0 Å². The first-order valence-corrected chi connectivity index (χ1v) is 9.78. The summed E-state index contributed by atoms with van der Waals surface area (Å²) in [5, 5.41) is 0. The number of carbonyl (C=O) groups is 1. The van der Waals surface area contributed by atoms with Crippen LogP contribution in [0.25, 0.3) is 0 Å². The van der Waals surface area contributed by atoms with E-state index in [2.05, 4.69) is 21.4 Å². The summed E-state index contributed by atoms with van der Waals surface area (Å²) in [7, 11) is 0. The first-order chi connectivity index (χ1) is 13.7. The number of fused-ring (bicyclic) bond motifs is 1. The first-order valence-electron chi connectivity index (χ1n) is 9.78. The number of carbonyl (C=O) groups excluding carboxylic acids is 1. The molecule has 1 fully saturated rings. The lowest BCUT2D eigenvalue weighted by molar-refractivity contribution is -0.122. The number of benzene rings is 1.